The van der Waals surface area contributed by atoms with Gasteiger partial charge in [-0.1, -0.05) is 0 Å². The minimum atomic E-state index is -4.77. The minimum absolute atomic E-state index is 0. The molecule has 0 rings (SSSR count). The van der Waals surface area contributed by atoms with Crippen molar-refractivity contribution in [1.82, 2.24) is 0 Å². The Bertz CT molecular complexity index is 105. The van der Waals surface area contributed by atoms with Crippen LogP contribution in [0, 0.1) is 0 Å². The molecular formula is C2H4ClCs2O4P. The fraction of sp³-hybridized carbons (Fsp3) is 1.00. The van der Waals surface area contributed by atoms with E-state index in [1.807, 2.05) is 0 Å². The predicted molar refractivity (Wildman–Crippen MR) is 24.3 cm³/mol. The minimum Gasteiger partial charge on any atom is -0.790 e. The van der Waals surface area contributed by atoms with Crippen molar-refractivity contribution in [2.75, 3.05) is 12.5 Å². The summed E-state index contributed by atoms with van der Waals surface area (Å²) in [5, 5.41) is 0. The van der Waals surface area contributed by atoms with Gasteiger partial charge in [0.1, 0.15) is 0 Å². The van der Waals surface area contributed by atoms with E-state index in [1.54, 1.807) is 0 Å². The maximum Gasteiger partial charge on any atom is 1.00 e. The zero-order chi connectivity index (χ0) is 6.62. The van der Waals surface area contributed by atoms with Crippen molar-refractivity contribution in [1.29, 1.82) is 0 Å². The number of hydrogen-bond donors (Lipinski definition) is 0. The smallest absolute Gasteiger partial charge is 0.790 e. The van der Waals surface area contributed by atoms with Gasteiger partial charge in [0.05, 0.1) is 14.4 Å². The molecule has 0 aliphatic heterocycles. The molecule has 0 amide bonds. The molecule has 8 heteroatoms. The van der Waals surface area contributed by atoms with Crippen LogP contribution in [-0.4, -0.2) is 12.5 Å². The van der Waals surface area contributed by atoms with Crippen LogP contribution in [-0.2, 0) is 9.09 Å². The van der Waals surface area contributed by atoms with Gasteiger partial charge in [-0.05, 0) is 0 Å². The van der Waals surface area contributed by atoms with Crippen molar-refractivity contribution in [3.05, 3.63) is 0 Å². The molecule has 0 bridgehead atoms. The molecule has 0 aromatic rings. The Morgan fingerprint density at radius 1 is 1.40 bits per heavy atom. The van der Waals surface area contributed by atoms with E-state index in [0.29, 0.717) is 0 Å². The van der Waals surface area contributed by atoms with E-state index in [2.05, 4.69) is 4.52 Å². The van der Waals surface area contributed by atoms with E-state index >= 15 is 0 Å². The second-order valence-corrected chi connectivity index (χ2v) is 2.50. The molecule has 4 nitrogen and oxygen atoms in total. The van der Waals surface area contributed by atoms with Crippen molar-refractivity contribution in [3.63, 3.8) is 0 Å². The monoisotopic (exact) mass is 424 g/mol. The van der Waals surface area contributed by atoms with Crippen LogP contribution in [0.2, 0.25) is 0 Å². The maximum absolute atomic E-state index is 9.58. The summed E-state index contributed by atoms with van der Waals surface area (Å²) >= 11 is 4.98. The van der Waals surface area contributed by atoms with Gasteiger partial charge in [-0.3, -0.25) is 0 Å². The predicted octanol–water partition coefficient (Wildman–Crippen LogP) is -6.92. The van der Waals surface area contributed by atoms with Gasteiger partial charge in [0, 0.05) is 5.88 Å². The van der Waals surface area contributed by atoms with E-state index in [-0.39, 0.29) is 150 Å². The zero-order valence-corrected chi connectivity index (χ0v) is 20.1. The van der Waals surface area contributed by atoms with Crippen LogP contribution in [0.3, 0.4) is 0 Å². The molecular weight excluding hydrogens is 420 g/mol. The average molecular weight is 424 g/mol. The average Bonchev–Trinajstić information content (AvgIpc) is 1.59. The van der Waals surface area contributed by atoms with Crippen molar-refractivity contribution < 1.29 is 157 Å². The molecule has 0 fully saturated rings. The molecule has 50 valence electrons. The molecule has 0 aromatic heterocycles. The van der Waals surface area contributed by atoms with Crippen LogP contribution in [0.5, 0.6) is 0 Å². The zero-order valence-electron chi connectivity index (χ0n) is 5.87. The molecule has 0 radical (unpaired) electrons. The molecule has 0 aliphatic rings. The Morgan fingerprint density at radius 2 is 1.80 bits per heavy atom. The summed E-state index contributed by atoms with van der Waals surface area (Å²) in [6.45, 7) is -0.244. The Balaban J connectivity index is -0.000000245. The molecule has 0 atom stereocenters. The second-order valence-electron chi connectivity index (χ2n) is 0.969. The van der Waals surface area contributed by atoms with Gasteiger partial charge >= 0.3 is 138 Å². The van der Waals surface area contributed by atoms with Crippen molar-refractivity contribution in [2.45, 2.75) is 0 Å². The molecule has 0 saturated carbocycles. The first-order valence-electron chi connectivity index (χ1n) is 1.79. The Labute approximate surface area is 182 Å². The third-order valence-electron chi connectivity index (χ3n) is 0.327. The first-order valence-corrected chi connectivity index (χ1v) is 3.78. The summed E-state index contributed by atoms with van der Waals surface area (Å²) in [6.07, 6.45) is 0. The summed E-state index contributed by atoms with van der Waals surface area (Å²) in [5.41, 5.74) is 0. The van der Waals surface area contributed by atoms with Crippen molar-refractivity contribution in [2.24, 2.45) is 0 Å². The van der Waals surface area contributed by atoms with Crippen LogP contribution in [0.4, 0.5) is 0 Å². The molecule has 0 saturated heterocycles. The van der Waals surface area contributed by atoms with E-state index in [0.717, 1.165) is 0 Å². The molecule has 0 heterocycles. The number of rotatable bonds is 3. The van der Waals surface area contributed by atoms with E-state index in [4.69, 9.17) is 11.6 Å². The van der Waals surface area contributed by atoms with Crippen LogP contribution < -0.4 is 148 Å². The van der Waals surface area contributed by atoms with E-state index in [9.17, 15) is 14.4 Å². The van der Waals surface area contributed by atoms with Crippen LogP contribution in [0.1, 0.15) is 0 Å². The summed E-state index contributed by atoms with van der Waals surface area (Å²) in [7, 11) is -4.77. The summed E-state index contributed by atoms with van der Waals surface area (Å²) in [5.74, 6) is 0.00840. The van der Waals surface area contributed by atoms with Crippen LogP contribution in [0.15, 0.2) is 0 Å². The van der Waals surface area contributed by atoms with Gasteiger partial charge in [-0.25, -0.2) is 0 Å². The first-order chi connectivity index (χ1) is 3.56. The fourth-order valence-corrected chi connectivity index (χ4v) is 0.646. The second kappa shape index (κ2) is 11.6. The van der Waals surface area contributed by atoms with E-state index < -0.39 is 7.82 Å². The van der Waals surface area contributed by atoms with E-state index in [1.165, 1.54) is 0 Å². The summed E-state index contributed by atoms with van der Waals surface area (Å²) in [4.78, 5) is 19.2. The van der Waals surface area contributed by atoms with Gasteiger partial charge in [-0.15, -0.1) is 11.6 Å². The summed E-state index contributed by atoms with van der Waals surface area (Å²) < 4.78 is 13.3. The number of hydrogen-bond acceptors (Lipinski definition) is 4. The quantitative estimate of drug-likeness (QED) is 0.334. The van der Waals surface area contributed by atoms with Crippen molar-refractivity contribution >= 4 is 19.4 Å². The van der Waals surface area contributed by atoms with Crippen molar-refractivity contribution in [3.8, 4) is 0 Å². The van der Waals surface area contributed by atoms with Gasteiger partial charge < -0.3 is 18.9 Å². The number of phosphoric ester groups is 1. The molecule has 0 N–H and O–H groups in total. The Hall–Kier alpha value is 4.50. The molecule has 10 heavy (non-hydrogen) atoms. The maximum atomic E-state index is 9.58. The molecule has 0 spiro atoms. The number of alkyl halides is 1. The Morgan fingerprint density at radius 3 is 1.90 bits per heavy atom. The number of phosphoric acid groups is 1. The van der Waals surface area contributed by atoms with Crippen LogP contribution >= 0.6 is 19.4 Å². The first kappa shape index (κ1) is 20.0. The third kappa shape index (κ3) is 18.3. The molecule has 0 unspecified atom stereocenters. The third-order valence-corrected chi connectivity index (χ3v) is 0.980. The number of halogens is 1. The van der Waals surface area contributed by atoms with Gasteiger partial charge in [0.15, 0.2) is 0 Å². The summed E-state index contributed by atoms with van der Waals surface area (Å²) in [6, 6.07) is 0. The topological polar surface area (TPSA) is 72.4 Å². The van der Waals surface area contributed by atoms with Crippen LogP contribution in [0.25, 0.3) is 0 Å². The normalized spacial score (nSPS) is 9.50. The molecule has 0 aliphatic carbocycles. The fourth-order valence-electron chi connectivity index (χ4n) is 0.146. The van der Waals surface area contributed by atoms with Gasteiger partial charge in [-0.2, -0.15) is 0 Å². The van der Waals surface area contributed by atoms with Gasteiger partial charge in [0.25, 0.3) is 0 Å². The van der Waals surface area contributed by atoms with Gasteiger partial charge in [0.2, 0.25) is 0 Å². The SMILES string of the molecule is O=P([O-])([O-])OCCCl.[Cs+].[Cs+]. The standard InChI is InChI=1S/C2H6ClO4P.2Cs/c3-1-2-7-8(4,5)6;;/h1-2H2,(H2,4,5,6);;/q;2*+1/p-2. The largest absolute Gasteiger partial charge is 1.00 e. The Kier molecular flexibility index (Phi) is 23.1. The molecule has 0 aromatic carbocycles.